The summed E-state index contributed by atoms with van der Waals surface area (Å²) in [6.07, 6.45) is 4.52. The molecule has 182 valence electrons. The molecule has 1 atom stereocenters. The van der Waals surface area contributed by atoms with Crippen LogP contribution in [-0.2, 0) is 33.0 Å². The lowest BCUT2D eigenvalue weighted by Gasteiger charge is -2.36. The monoisotopic (exact) mass is 476 g/mol. The second-order valence-corrected chi connectivity index (χ2v) is 9.37. The first-order valence-electron chi connectivity index (χ1n) is 12.4. The van der Waals surface area contributed by atoms with E-state index in [4.69, 9.17) is 23.9 Å². The number of hydrogen-bond donors (Lipinski definition) is 0. The maximum atomic E-state index is 13.6. The van der Waals surface area contributed by atoms with Gasteiger partial charge in [0.2, 0.25) is 6.79 Å². The van der Waals surface area contributed by atoms with Gasteiger partial charge in [0.15, 0.2) is 17.1 Å². The van der Waals surface area contributed by atoms with E-state index in [0.717, 1.165) is 47.8 Å². The van der Waals surface area contributed by atoms with Gasteiger partial charge in [0, 0.05) is 29.2 Å². The largest absolute Gasteiger partial charge is 0.458 e. The molecule has 3 aliphatic heterocycles. The molecular formula is C27H28N2O6. The molecule has 6 rings (SSSR count). The summed E-state index contributed by atoms with van der Waals surface area (Å²) in [5.74, 6) is 0.932. The van der Waals surface area contributed by atoms with Crippen molar-refractivity contribution < 1.29 is 23.7 Å². The molecule has 0 fully saturated rings. The number of aromatic nitrogens is 2. The summed E-state index contributed by atoms with van der Waals surface area (Å²) >= 11 is 0. The van der Waals surface area contributed by atoms with Gasteiger partial charge in [0.25, 0.3) is 5.56 Å². The van der Waals surface area contributed by atoms with Crippen molar-refractivity contribution in [2.75, 3.05) is 13.4 Å². The Morgan fingerprint density at radius 3 is 2.66 bits per heavy atom. The van der Waals surface area contributed by atoms with Gasteiger partial charge in [-0.05, 0) is 31.0 Å². The van der Waals surface area contributed by atoms with Crippen LogP contribution in [0.1, 0.15) is 62.6 Å². The van der Waals surface area contributed by atoms with Gasteiger partial charge in [-0.2, -0.15) is 0 Å². The van der Waals surface area contributed by atoms with Crippen LogP contribution < -0.4 is 15.0 Å². The molecular weight excluding hydrogens is 448 g/mol. The highest BCUT2D eigenvalue weighted by Gasteiger charge is 2.48. The summed E-state index contributed by atoms with van der Waals surface area (Å²) in [5.41, 5.74) is 2.82. The molecule has 0 N–H and O–H groups in total. The Morgan fingerprint density at radius 1 is 1.03 bits per heavy atom. The highest BCUT2D eigenvalue weighted by molar-refractivity contribution is 5.88. The molecule has 35 heavy (non-hydrogen) atoms. The Kier molecular flexibility index (Phi) is 5.29. The van der Waals surface area contributed by atoms with Gasteiger partial charge in [0.1, 0.15) is 6.61 Å². The van der Waals surface area contributed by atoms with Gasteiger partial charge in [-0.1, -0.05) is 33.1 Å². The summed E-state index contributed by atoms with van der Waals surface area (Å²) in [6, 6.07) is 7.75. The predicted octanol–water partition coefficient (Wildman–Crippen LogP) is 4.41. The van der Waals surface area contributed by atoms with E-state index in [9.17, 15) is 9.59 Å². The average Bonchev–Trinajstić information content (AvgIpc) is 3.46. The molecule has 3 aliphatic rings. The molecule has 0 saturated carbocycles. The fourth-order valence-corrected chi connectivity index (χ4v) is 5.38. The molecule has 3 aromatic rings. The Hall–Kier alpha value is -3.39. The van der Waals surface area contributed by atoms with Crippen molar-refractivity contribution in [1.82, 2.24) is 9.55 Å². The zero-order valence-electron chi connectivity index (χ0n) is 20.0. The van der Waals surface area contributed by atoms with Crippen LogP contribution in [0, 0.1) is 0 Å². The Labute approximate surface area is 202 Å². The standard InChI is InChI=1S/C27H28N2O6/c1-3-5-6-7-8-35-27(4-2)19-11-21-24-17(13-29(21)25(30)18(19)14-32-26(27)31)9-16-10-22-23(34-15-33-22)12-20(16)28-24/h9-12H,3-8,13-15H2,1-2H3/t27-/m0/s1. The van der Waals surface area contributed by atoms with Crippen LogP contribution in [0.25, 0.3) is 22.3 Å². The van der Waals surface area contributed by atoms with Gasteiger partial charge < -0.3 is 23.5 Å². The predicted molar refractivity (Wildman–Crippen MR) is 129 cm³/mol. The van der Waals surface area contributed by atoms with Crippen LogP contribution in [0.2, 0.25) is 0 Å². The SMILES string of the molecule is CCCCCCO[C@]1(CC)C(=O)OCc2c1cc1n(c2=O)Cc2cc3cc4c(cc3nc2-1)OCO4. The number of fused-ring (bicyclic) bond motifs is 6. The molecule has 2 aromatic heterocycles. The first-order valence-corrected chi connectivity index (χ1v) is 12.4. The molecule has 8 heteroatoms. The molecule has 0 amide bonds. The lowest BCUT2D eigenvalue weighted by atomic mass is 9.85. The number of nitrogens with zero attached hydrogens (tertiary/aromatic N) is 2. The van der Waals surface area contributed by atoms with Crippen LogP contribution >= 0.6 is 0 Å². The van der Waals surface area contributed by atoms with Gasteiger partial charge in [-0.3, -0.25) is 4.79 Å². The number of unbranched alkanes of at least 4 members (excludes halogenated alkanes) is 3. The van der Waals surface area contributed by atoms with Crippen LogP contribution in [0.3, 0.4) is 0 Å². The number of hydrogen-bond acceptors (Lipinski definition) is 7. The van der Waals surface area contributed by atoms with Crippen molar-refractivity contribution in [3.05, 3.63) is 51.3 Å². The summed E-state index contributed by atoms with van der Waals surface area (Å²) in [6.45, 7) is 5.06. The van der Waals surface area contributed by atoms with Crippen molar-refractivity contribution >= 4 is 16.9 Å². The van der Waals surface area contributed by atoms with Gasteiger partial charge in [0.05, 0.1) is 29.0 Å². The van der Waals surface area contributed by atoms with Crippen LogP contribution in [0.4, 0.5) is 0 Å². The van der Waals surface area contributed by atoms with Gasteiger partial charge in [-0.25, -0.2) is 9.78 Å². The van der Waals surface area contributed by atoms with Crippen molar-refractivity contribution in [1.29, 1.82) is 0 Å². The minimum absolute atomic E-state index is 0.0403. The normalized spacial score (nSPS) is 19.4. The molecule has 8 nitrogen and oxygen atoms in total. The number of pyridine rings is 2. The fourth-order valence-electron chi connectivity index (χ4n) is 5.38. The molecule has 0 unspecified atom stereocenters. The third-order valence-corrected chi connectivity index (χ3v) is 7.32. The van der Waals surface area contributed by atoms with E-state index < -0.39 is 11.6 Å². The highest BCUT2D eigenvalue weighted by atomic mass is 16.7. The number of rotatable bonds is 7. The van der Waals surface area contributed by atoms with Crippen LogP contribution in [-0.4, -0.2) is 28.9 Å². The van der Waals surface area contributed by atoms with E-state index in [1.807, 2.05) is 31.2 Å². The Bertz CT molecular complexity index is 1410. The van der Waals surface area contributed by atoms with E-state index in [1.165, 1.54) is 0 Å². The first-order chi connectivity index (χ1) is 17.1. The zero-order valence-corrected chi connectivity index (χ0v) is 20.0. The van der Waals surface area contributed by atoms with Crippen molar-refractivity contribution in [3.63, 3.8) is 0 Å². The maximum absolute atomic E-state index is 13.6. The lowest BCUT2D eigenvalue weighted by molar-refractivity contribution is -0.181. The minimum Gasteiger partial charge on any atom is -0.458 e. The maximum Gasteiger partial charge on any atom is 0.343 e. The Balaban J connectivity index is 1.45. The summed E-state index contributed by atoms with van der Waals surface area (Å²) in [5, 5.41) is 0.926. The third kappa shape index (κ3) is 3.34. The smallest absolute Gasteiger partial charge is 0.343 e. The number of benzene rings is 1. The zero-order chi connectivity index (χ0) is 24.2. The van der Waals surface area contributed by atoms with Crippen LogP contribution in [0.5, 0.6) is 11.5 Å². The van der Waals surface area contributed by atoms with E-state index in [2.05, 4.69) is 6.92 Å². The molecule has 0 saturated heterocycles. The van der Waals surface area contributed by atoms with E-state index >= 15 is 0 Å². The minimum atomic E-state index is -1.28. The Morgan fingerprint density at radius 2 is 1.86 bits per heavy atom. The molecule has 0 radical (unpaired) electrons. The third-order valence-electron chi connectivity index (χ3n) is 7.32. The van der Waals surface area contributed by atoms with Crippen LogP contribution in [0.15, 0.2) is 29.1 Å². The fraction of sp³-hybridized carbons (Fsp3) is 0.444. The number of esters is 1. The molecule has 0 spiro atoms. The van der Waals surface area contributed by atoms with Crippen molar-refractivity contribution in [3.8, 4) is 22.9 Å². The van der Waals surface area contributed by atoms with Crippen molar-refractivity contribution in [2.45, 2.75) is 64.7 Å². The van der Waals surface area contributed by atoms with Gasteiger partial charge >= 0.3 is 5.97 Å². The number of carbonyl (C=O) groups excluding carboxylic acids is 1. The summed E-state index contributed by atoms with van der Waals surface area (Å²) in [7, 11) is 0. The van der Waals surface area contributed by atoms with Gasteiger partial charge in [-0.15, -0.1) is 0 Å². The first kappa shape index (κ1) is 22.1. The second-order valence-electron chi connectivity index (χ2n) is 9.37. The average molecular weight is 477 g/mol. The van der Waals surface area contributed by atoms with Crippen molar-refractivity contribution in [2.24, 2.45) is 0 Å². The molecule has 0 aliphatic carbocycles. The molecule has 0 bridgehead atoms. The molecule has 1 aromatic carbocycles. The molecule has 5 heterocycles. The summed E-state index contributed by atoms with van der Waals surface area (Å²) < 4.78 is 24.5. The number of carbonyl (C=O) groups is 1. The van der Waals surface area contributed by atoms with E-state index in [-0.39, 0.29) is 19.0 Å². The summed E-state index contributed by atoms with van der Waals surface area (Å²) in [4.78, 5) is 31.6. The highest BCUT2D eigenvalue weighted by Crippen LogP contribution is 2.42. The quantitative estimate of drug-likeness (QED) is 0.288. The number of ether oxygens (including phenoxy) is 4. The number of cyclic esters (lactones) is 1. The second kappa shape index (κ2) is 8.37. The van der Waals surface area contributed by atoms with E-state index in [0.29, 0.717) is 47.9 Å². The lowest BCUT2D eigenvalue weighted by Crippen LogP contribution is -2.46. The van der Waals surface area contributed by atoms with E-state index in [1.54, 1.807) is 4.57 Å². The topological polar surface area (TPSA) is 88.9 Å².